The molecule has 0 spiro atoms. The molecule has 1 saturated heterocycles. The van der Waals surface area contributed by atoms with Crippen molar-refractivity contribution in [3.63, 3.8) is 0 Å². The summed E-state index contributed by atoms with van der Waals surface area (Å²) in [4.78, 5) is 21.4. The van der Waals surface area contributed by atoms with Gasteiger partial charge in [-0.3, -0.25) is 14.7 Å². The Labute approximate surface area is 141 Å². The predicted molar refractivity (Wildman–Crippen MR) is 90.7 cm³/mol. The van der Waals surface area contributed by atoms with E-state index in [2.05, 4.69) is 9.88 Å². The molecule has 0 bridgehead atoms. The maximum atomic E-state index is 12.7. The van der Waals surface area contributed by atoms with E-state index in [1.807, 2.05) is 53.6 Å². The summed E-state index contributed by atoms with van der Waals surface area (Å²) in [6.07, 6.45) is 2.15. The summed E-state index contributed by atoms with van der Waals surface area (Å²) in [6, 6.07) is 13.9. The molecule has 0 radical (unpaired) electrons. The number of benzene rings is 1. The number of hydrogen-bond donors (Lipinski definition) is 0. The van der Waals surface area contributed by atoms with E-state index in [-0.39, 0.29) is 12.0 Å². The van der Waals surface area contributed by atoms with Crippen LogP contribution in [0.3, 0.4) is 0 Å². The smallest absolute Gasteiger partial charge is 0.264 e. The number of para-hydroxylation sites is 1. The minimum atomic E-state index is -0.357. The lowest BCUT2D eigenvalue weighted by molar-refractivity contribution is -0.139. The Balaban J connectivity index is 1.31. The number of nitrogens with zero attached hydrogens (tertiary/aromatic N) is 3. The molecular weight excluding hydrogens is 302 g/mol. The molecule has 1 atom stereocenters. The van der Waals surface area contributed by atoms with Crippen molar-refractivity contribution in [1.82, 2.24) is 14.8 Å². The zero-order chi connectivity index (χ0) is 16.4. The summed E-state index contributed by atoms with van der Waals surface area (Å²) in [5, 5.41) is 0. The largest absolute Gasteiger partial charge is 0.480 e. The highest BCUT2D eigenvalue weighted by Gasteiger charge is 2.33. The van der Waals surface area contributed by atoms with Crippen molar-refractivity contribution in [3.8, 4) is 5.75 Å². The Morgan fingerprint density at radius 1 is 1.08 bits per heavy atom. The van der Waals surface area contributed by atoms with Gasteiger partial charge in [0.25, 0.3) is 5.91 Å². The lowest BCUT2D eigenvalue weighted by atomic mass is 10.1. The van der Waals surface area contributed by atoms with E-state index in [1.165, 1.54) is 0 Å². The Hall–Kier alpha value is -2.40. The fourth-order valence-corrected chi connectivity index (χ4v) is 3.37. The van der Waals surface area contributed by atoms with Gasteiger partial charge in [0, 0.05) is 45.3 Å². The number of carbonyl (C=O) groups excluding carboxylic acids is 1. The zero-order valence-corrected chi connectivity index (χ0v) is 13.6. The fraction of sp³-hybridized carbons (Fsp3) is 0.368. The lowest BCUT2D eigenvalue weighted by Gasteiger charge is -2.35. The van der Waals surface area contributed by atoms with Gasteiger partial charge in [-0.05, 0) is 23.8 Å². The molecule has 0 aliphatic carbocycles. The van der Waals surface area contributed by atoms with Gasteiger partial charge in [0.05, 0.1) is 5.69 Å². The van der Waals surface area contributed by atoms with Crippen molar-refractivity contribution in [2.24, 2.45) is 0 Å². The molecule has 5 nitrogen and oxygen atoms in total. The first kappa shape index (κ1) is 15.1. The van der Waals surface area contributed by atoms with Crippen LogP contribution in [0.25, 0.3) is 0 Å². The SMILES string of the molecule is O=C([C@H]1Cc2ccccc2O1)N1CCN(Cc2ccccn2)CC1. The van der Waals surface area contributed by atoms with E-state index in [0.29, 0.717) is 6.42 Å². The number of pyridine rings is 1. The van der Waals surface area contributed by atoms with Crippen LogP contribution in [-0.2, 0) is 17.8 Å². The summed E-state index contributed by atoms with van der Waals surface area (Å²) in [6.45, 7) is 4.10. The van der Waals surface area contributed by atoms with Crippen LogP contribution in [0.5, 0.6) is 5.75 Å². The highest BCUT2D eigenvalue weighted by Crippen LogP contribution is 2.29. The number of rotatable bonds is 3. The summed E-state index contributed by atoms with van der Waals surface area (Å²) in [5.41, 5.74) is 2.21. The molecule has 24 heavy (non-hydrogen) atoms. The minimum absolute atomic E-state index is 0.115. The molecule has 2 aliphatic rings. The molecular formula is C19H21N3O2. The Morgan fingerprint density at radius 2 is 1.88 bits per heavy atom. The molecule has 1 aromatic heterocycles. The van der Waals surface area contributed by atoms with Gasteiger partial charge < -0.3 is 9.64 Å². The number of aromatic nitrogens is 1. The molecule has 0 N–H and O–H groups in total. The van der Waals surface area contributed by atoms with Gasteiger partial charge in [0.2, 0.25) is 0 Å². The molecule has 1 aromatic carbocycles. The van der Waals surface area contributed by atoms with Crippen LogP contribution >= 0.6 is 0 Å². The second-order valence-electron chi connectivity index (χ2n) is 6.34. The van der Waals surface area contributed by atoms with Crippen molar-refractivity contribution in [2.45, 2.75) is 19.1 Å². The number of amides is 1. The quantitative estimate of drug-likeness (QED) is 0.863. The number of piperazine rings is 1. The summed E-state index contributed by atoms with van der Waals surface area (Å²) >= 11 is 0. The number of carbonyl (C=O) groups is 1. The van der Waals surface area contributed by atoms with Crippen LogP contribution in [0.4, 0.5) is 0 Å². The predicted octanol–water partition coefficient (Wildman–Crippen LogP) is 1.73. The summed E-state index contributed by atoms with van der Waals surface area (Å²) < 4.78 is 5.83. The third-order valence-corrected chi connectivity index (χ3v) is 4.72. The summed E-state index contributed by atoms with van der Waals surface area (Å²) in [5.74, 6) is 0.966. The van der Waals surface area contributed by atoms with Crippen molar-refractivity contribution in [2.75, 3.05) is 26.2 Å². The number of ether oxygens (including phenoxy) is 1. The second kappa shape index (κ2) is 6.61. The van der Waals surface area contributed by atoms with Crippen LogP contribution in [-0.4, -0.2) is 53.0 Å². The van der Waals surface area contributed by atoms with Gasteiger partial charge >= 0.3 is 0 Å². The standard InChI is InChI=1S/C19H21N3O2/c23-19(18-13-15-5-1-2-7-17(15)24-18)22-11-9-21(10-12-22)14-16-6-3-4-8-20-16/h1-8,18H,9-14H2/t18-/m1/s1. The fourth-order valence-electron chi connectivity index (χ4n) is 3.37. The van der Waals surface area contributed by atoms with Gasteiger partial charge in [0.1, 0.15) is 5.75 Å². The maximum absolute atomic E-state index is 12.7. The van der Waals surface area contributed by atoms with E-state index >= 15 is 0 Å². The molecule has 124 valence electrons. The van der Waals surface area contributed by atoms with Crippen molar-refractivity contribution < 1.29 is 9.53 Å². The van der Waals surface area contributed by atoms with Gasteiger partial charge in [-0.15, -0.1) is 0 Å². The molecule has 0 saturated carbocycles. The molecule has 2 aromatic rings. The normalized spacial score (nSPS) is 20.5. The lowest BCUT2D eigenvalue weighted by Crippen LogP contribution is -2.52. The molecule has 1 amide bonds. The first-order valence-corrected chi connectivity index (χ1v) is 8.45. The van der Waals surface area contributed by atoms with Crippen molar-refractivity contribution >= 4 is 5.91 Å². The van der Waals surface area contributed by atoms with E-state index in [0.717, 1.165) is 49.7 Å². The Morgan fingerprint density at radius 3 is 2.62 bits per heavy atom. The third-order valence-electron chi connectivity index (χ3n) is 4.72. The first-order valence-electron chi connectivity index (χ1n) is 8.45. The molecule has 4 rings (SSSR count). The van der Waals surface area contributed by atoms with Gasteiger partial charge in [-0.1, -0.05) is 24.3 Å². The highest BCUT2D eigenvalue weighted by molar-refractivity contribution is 5.82. The average molecular weight is 323 g/mol. The van der Waals surface area contributed by atoms with Gasteiger partial charge in [0.15, 0.2) is 6.10 Å². The topological polar surface area (TPSA) is 45.7 Å². The van der Waals surface area contributed by atoms with Crippen LogP contribution in [0.2, 0.25) is 0 Å². The second-order valence-corrected chi connectivity index (χ2v) is 6.34. The zero-order valence-electron chi connectivity index (χ0n) is 13.6. The van der Waals surface area contributed by atoms with Crippen molar-refractivity contribution in [1.29, 1.82) is 0 Å². The molecule has 0 unspecified atom stereocenters. The first-order chi connectivity index (χ1) is 11.8. The van der Waals surface area contributed by atoms with E-state index in [1.54, 1.807) is 0 Å². The van der Waals surface area contributed by atoms with E-state index in [4.69, 9.17) is 4.74 Å². The Bertz CT molecular complexity index is 687. The minimum Gasteiger partial charge on any atom is -0.480 e. The average Bonchev–Trinajstić information content (AvgIpc) is 3.07. The maximum Gasteiger partial charge on any atom is 0.264 e. The van der Waals surface area contributed by atoms with Gasteiger partial charge in [-0.2, -0.15) is 0 Å². The van der Waals surface area contributed by atoms with E-state index in [9.17, 15) is 4.79 Å². The number of fused-ring (bicyclic) bond motifs is 1. The Kier molecular flexibility index (Phi) is 4.17. The summed E-state index contributed by atoms with van der Waals surface area (Å²) in [7, 11) is 0. The van der Waals surface area contributed by atoms with Crippen molar-refractivity contribution in [3.05, 3.63) is 59.9 Å². The van der Waals surface area contributed by atoms with Gasteiger partial charge in [-0.25, -0.2) is 0 Å². The molecule has 1 fully saturated rings. The van der Waals surface area contributed by atoms with Crippen LogP contribution in [0.1, 0.15) is 11.3 Å². The van der Waals surface area contributed by atoms with Crippen LogP contribution in [0, 0.1) is 0 Å². The monoisotopic (exact) mass is 323 g/mol. The molecule has 3 heterocycles. The highest BCUT2D eigenvalue weighted by atomic mass is 16.5. The van der Waals surface area contributed by atoms with Crippen LogP contribution in [0.15, 0.2) is 48.7 Å². The molecule has 2 aliphatic heterocycles. The third kappa shape index (κ3) is 3.12. The van der Waals surface area contributed by atoms with Crippen LogP contribution < -0.4 is 4.74 Å². The number of hydrogen-bond acceptors (Lipinski definition) is 4. The van der Waals surface area contributed by atoms with E-state index < -0.39 is 0 Å². The molecule has 5 heteroatoms.